The number of hydrogen-bond donors (Lipinski definition) is 1. The first-order valence-corrected chi connectivity index (χ1v) is 7.56. The molecule has 0 aliphatic carbocycles. The molecular weight excluding hydrogens is 320 g/mol. The van der Waals surface area contributed by atoms with E-state index in [1.807, 2.05) is 20.8 Å². The van der Waals surface area contributed by atoms with Crippen molar-refractivity contribution in [2.24, 2.45) is 0 Å². The lowest BCUT2D eigenvalue weighted by molar-refractivity contribution is -0.120. The number of carbonyl (C=O) groups excluding carboxylic acids is 3. The van der Waals surface area contributed by atoms with Gasteiger partial charge in [-0.2, -0.15) is 0 Å². The molecule has 3 amide bonds. The Labute approximate surface area is 139 Å². The van der Waals surface area contributed by atoms with Gasteiger partial charge in [0.25, 0.3) is 5.24 Å². The zero-order valence-corrected chi connectivity index (χ0v) is 14.3. The number of benzene rings is 1. The van der Waals surface area contributed by atoms with Crippen LogP contribution in [0.2, 0.25) is 0 Å². The number of urea groups is 1. The van der Waals surface area contributed by atoms with Crippen molar-refractivity contribution < 1.29 is 19.1 Å². The summed E-state index contributed by atoms with van der Waals surface area (Å²) in [4.78, 5) is 36.5. The SMILES string of the molecule is COc1c(C(=O)Cl)cc(N2CCC(=O)NC2=O)cc1C(C)(C)C. The highest BCUT2D eigenvalue weighted by atomic mass is 35.5. The molecule has 1 aromatic carbocycles. The fraction of sp³-hybridized carbons (Fsp3) is 0.438. The Morgan fingerprint density at radius 1 is 1.30 bits per heavy atom. The van der Waals surface area contributed by atoms with Crippen LogP contribution in [0, 0.1) is 0 Å². The average molecular weight is 339 g/mol. The normalized spacial score (nSPS) is 15.4. The molecule has 1 N–H and O–H groups in total. The lowest BCUT2D eigenvalue weighted by atomic mass is 9.84. The van der Waals surface area contributed by atoms with Crippen LogP contribution in [-0.4, -0.2) is 30.8 Å². The summed E-state index contributed by atoms with van der Waals surface area (Å²) in [6.45, 7) is 6.15. The molecule has 0 unspecified atom stereocenters. The lowest BCUT2D eigenvalue weighted by Crippen LogP contribution is -2.49. The summed E-state index contributed by atoms with van der Waals surface area (Å²) in [7, 11) is 1.47. The number of imide groups is 1. The second kappa shape index (κ2) is 6.20. The Kier molecular flexibility index (Phi) is 4.66. The first-order chi connectivity index (χ1) is 10.6. The van der Waals surface area contributed by atoms with Gasteiger partial charge in [0.15, 0.2) is 0 Å². The van der Waals surface area contributed by atoms with E-state index < -0.39 is 11.3 Å². The number of carbonyl (C=O) groups is 3. The Bertz CT molecular complexity index is 679. The summed E-state index contributed by atoms with van der Waals surface area (Å²) in [5.74, 6) is 0.0826. The van der Waals surface area contributed by atoms with Gasteiger partial charge in [-0.25, -0.2) is 4.79 Å². The molecule has 0 atom stereocenters. The molecule has 1 aromatic rings. The van der Waals surface area contributed by atoms with E-state index in [-0.39, 0.29) is 29.9 Å². The minimum atomic E-state index is -0.664. The van der Waals surface area contributed by atoms with Crippen molar-refractivity contribution in [3.63, 3.8) is 0 Å². The highest BCUT2D eigenvalue weighted by molar-refractivity contribution is 6.68. The van der Waals surface area contributed by atoms with Gasteiger partial charge in [0.2, 0.25) is 5.91 Å². The molecule has 7 heteroatoms. The zero-order valence-electron chi connectivity index (χ0n) is 13.5. The summed E-state index contributed by atoms with van der Waals surface area (Å²) >= 11 is 5.69. The number of nitrogens with one attached hydrogen (secondary N) is 1. The van der Waals surface area contributed by atoms with Crippen molar-refractivity contribution in [1.82, 2.24) is 5.32 Å². The maximum atomic E-state index is 12.0. The third-order valence-corrected chi connectivity index (χ3v) is 3.87. The van der Waals surface area contributed by atoms with Crippen LogP contribution in [0.15, 0.2) is 12.1 Å². The summed E-state index contributed by atoms with van der Waals surface area (Å²) in [5.41, 5.74) is 1.13. The fourth-order valence-electron chi connectivity index (χ4n) is 2.50. The van der Waals surface area contributed by atoms with Crippen LogP contribution in [0.4, 0.5) is 10.5 Å². The number of hydrogen-bond acceptors (Lipinski definition) is 4. The highest BCUT2D eigenvalue weighted by Crippen LogP contribution is 2.38. The van der Waals surface area contributed by atoms with Gasteiger partial charge in [0, 0.05) is 24.2 Å². The van der Waals surface area contributed by atoms with Crippen LogP contribution < -0.4 is 15.0 Å². The van der Waals surface area contributed by atoms with Crippen molar-refractivity contribution in [2.75, 3.05) is 18.6 Å². The van der Waals surface area contributed by atoms with Crippen LogP contribution in [0.25, 0.3) is 0 Å². The molecule has 0 saturated carbocycles. The number of ether oxygens (including phenoxy) is 1. The number of nitrogens with zero attached hydrogens (tertiary/aromatic N) is 1. The van der Waals surface area contributed by atoms with E-state index in [9.17, 15) is 14.4 Å². The smallest absolute Gasteiger partial charge is 0.328 e. The molecule has 0 aromatic heterocycles. The second-order valence-electron chi connectivity index (χ2n) is 6.35. The van der Waals surface area contributed by atoms with Crippen molar-refractivity contribution in [2.45, 2.75) is 32.6 Å². The third kappa shape index (κ3) is 3.47. The van der Waals surface area contributed by atoms with E-state index in [0.717, 1.165) is 5.56 Å². The lowest BCUT2D eigenvalue weighted by Gasteiger charge is -2.30. The predicted octanol–water partition coefficient (Wildman–Crippen LogP) is 2.82. The predicted molar refractivity (Wildman–Crippen MR) is 87.4 cm³/mol. The number of halogens is 1. The largest absolute Gasteiger partial charge is 0.496 e. The summed E-state index contributed by atoms with van der Waals surface area (Å²) in [5, 5.41) is 1.60. The Morgan fingerprint density at radius 2 is 1.96 bits per heavy atom. The zero-order chi connectivity index (χ0) is 17.4. The van der Waals surface area contributed by atoms with Crippen LogP contribution >= 0.6 is 11.6 Å². The average Bonchev–Trinajstić information content (AvgIpc) is 2.44. The van der Waals surface area contributed by atoms with Crippen molar-refractivity contribution in [1.29, 1.82) is 0 Å². The molecule has 1 fully saturated rings. The van der Waals surface area contributed by atoms with E-state index in [1.54, 1.807) is 6.07 Å². The van der Waals surface area contributed by atoms with Gasteiger partial charge in [0.05, 0.1) is 12.7 Å². The molecule has 1 heterocycles. The molecule has 1 aliphatic rings. The van der Waals surface area contributed by atoms with Gasteiger partial charge in [-0.3, -0.25) is 19.8 Å². The van der Waals surface area contributed by atoms with Gasteiger partial charge < -0.3 is 4.74 Å². The number of anilines is 1. The molecule has 1 aliphatic heterocycles. The molecule has 23 heavy (non-hydrogen) atoms. The van der Waals surface area contributed by atoms with Gasteiger partial charge in [0.1, 0.15) is 5.75 Å². The van der Waals surface area contributed by atoms with Gasteiger partial charge in [-0.05, 0) is 29.1 Å². The molecule has 6 nitrogen and oxygen atoms in total. The van der Waals surface area contributed by atoms with E-state index in [4.69, 9.17) is 16.3 Å². The topological polar surface area (TPSA) is 75.7 Å². The van der Waals surface area contributed by atoms with Crippen LogP contribution in [0.1, 0.15) is 43.1 Å². The van der Waals surface area contributed by atoms with Gasteiger partial charge >= 0.3 is 6.03 Å². The van der Waals surface area contributed by atoms with Crippen molar-refractivity contribution in [3.8, 4) is 5.75 Å². The Balaban J connectivity index is 2.61. The summed E-state index contributed by atoms with van der Waals surface area (Å²) in [6, 6.07) is 2.79. The van der Waals surface area contributed by atoms with Crippen LogP contribution in [-0.2, 0) is 10.2 Å². The Hall–Kier alpha value is -2.08. The van der Waals surface area contributed by atoms with Crippen molar-refractivity contribution >= 4 is 34.5 Å². The van der Waals surface area contributed by atoms with Crippen molar-refractivity contribution in [3.05, 3.63) is 23.3 Å². The Morgan fingerprint density at radius 3 is 2.43 bits per heavy atom. The maximum absolute atomic E-state index is 12.0. The minimum Gasteiger partial charge on any atom is -0.496 e. The molecule has 0 spiro atoms. The standard InChI is InChI=1S/C16H19ClN2O4/c1-16(2,3)11-8-9(7-10(14(17)21)13(11)23-4)19-6-5-12(20)18-15(19)22/h7-8H,5-6H2,1-4H3,(H,18,20,22). The first kappa shape index (κ1) is 17.3. The van der Waals surface area contributed by atoms with E-state index >= 15 is 0 Å². The molecule has 124 valence electrons. The minimum absolute atomic E-state index is 0.196. The maximum Gasteiger partial charge on any atom is 0.328 e. The third-order valence-electron chi connectivity index (χ3n) is 3.66. The van der Waals surface area contributed by atoms with E-state index in [1.165, 1.54) is 18.1 Å². The molecule has 2 rings (SSSR count). The van der Waals surface area contributed by atoms with Crippen LogP contribution in [0.5, 0.6) is 5.75 Å². The molecule has 1 saturated heterocycles. The fourth-order valence-corrected chi connectivity index (χ4v) is 2.64. The first-order valence-electron chi connectivity index (χ1n) is 7.19. The molecular formula is C16H19ClN2O4. The molecule has 0 radical (unpaired) electrons. The number of rotatable bonds is 3. The monoisotopic (exact) mass is 338 g/mol. The van der Waals surface area contributed by atoms with Gasteiger partial charge in [-0.15, -0.1) is 0 Å². The highest BCUT2D eigenvalue weighted by Gasteiger charge is 2.29. The molecule has 0 bridgehead atoms. The van der Waals surface area contributed by atoms with E-state index in [2.05, 4.69) is 5.32 Å². The van der Waals surface area contributed by atoms with Gasteiger partial charge in [-0.1, -0.05) is 20.8 Å². The summed E-state index contributed by atoms with van der Waals surface area (Å²) in [6.07, 6.45) is 0.201. The second-order valence-corrected chi connectivity index (χ2v) is 6.70. The van der Waals surface area contributed by atoms with E-state index in [0.29, 0.717) is 11.4 Å². The quantitative estimate of drug-likeness (QED) is 0.860. The number of methoxy groups -OCH3 is 1. The summed E-state index contributed by atoms with van der Waals surface area (Å²) < 4.78 is 5.37. The number of amides is 3. The van der Waals surface area contributed by atoms with Crippen LogP contribution in [0.3, 0.4) is 0 Å².